The Balaban J connectivity index is 2.94. The summed E-state index contributed by atoms with van der Waals surface area (Å²) in [5.74, 6) is 0.493. The maximum absolute atomic E-state index is 5.80. The predicted molar refractivity (Wildman–Crippen MR) is 39.9 cm³/mol. The van der Waals surface area contributed by atoms with Crippen molar-refractivity contribution in [3.63, 3.8) is 0 Å². The number of aromatic amines is 1. The second kappa shape index (κ2) is 2.44. The molecule has 9 heavy (non-hydrogen) atoms. The van der Waals surface area contributed by atoms with E-state index in [1.54, 1.807) is 0 Å². The fourth-order valence-corrected chi connectivity index (χ4v) is 1.14. The zero-order valence-corrected chi connectivity index (χ0v) is 6.37. The van der Waals surface area contributed by atoms with E-state index < -0.39 is 0 Å². The highest BCUT2D eigenvalue weighted by molar-refractivity contribution is 6.31. The summed E-state index contributed by atoms with van der Waals surface area (Å²) in [5.41, 5.74) is 1.12. The molecule has 50 valence electrons. The third kappa shape index (κ3) is 1.28. The Kier molecular flexibility index (Phi) is 1.81. The third-order valence-electron chi connectivity index (χ3n) is 1.30. The highest BCUT2D eigenvalue weighted by atomic mass is 35.5. The first-order valence-electron chi connectivity index (χ1n) is 3.04. The molecular weight excluding hydrogens is 134 g/mol. The van der Waals surface area contributed by atoms with E-state index in [2.05, 4.69) is 18.8 Å². The number of H-pyrrole nitrogens is 1. The first-order valence-corrected chi connectivity index (χ1v) is 3.42. The van der Waals surface area contributed by atoms with E-state index in [0.29, 0.717) is 5.92 Å². The number of rotatable bonds is 1. The van der Waals surface area contributed by atoms with Crippen LogP contribution in [0.4, 0.5) is 0 Å². The minimum Gasteiger partial charge on any atom is -0.364 e. The van der Waals surface area contributed by atoms with Gasteiger partial charge in [-0.2, -0.15) is 0 Å². The van der Waals surface area contributed by atoms with Crippen molar-refractivity contribution < 1.29 is 0 Å². The quantitative estimate of drug-likeness (QED) is 0.622. The molecule has 2 heteroatoms. The molecule has 1 nitrogen and oxygen atoms in total. The molecule has 0 radical (unpaired) electrons. The summed E-state index contributed by atoms with van der Waals surface area (Å²) in [6.07, 6.45) is 1.86. The van der Waals surface area contributed by atoms with E-state index >= 15 is 0 Å². The lowest BCUT2D eigenvalue weighted by molar-refractivity contribution is 0.833. The molecule has 0 saturated heterocycles. The fraction of sp³-hybridized carbons (Fsp3) is 0.429. The summed E-state index contributed by atoms with van der Waals surface area (Å²) < 4.78 is 0. The summed E-state index contributed by atoms with van der Waals surface area (Å²) in [6.45, 7) is 4.22. The smallest absolute Gasteiger partial charge is 0.0615 e. The maximum Gasteiger partial charge on any atom is 0.0615 e. The van der Waals surface area contributed by atoms with Crippen LogP contribution in [0.2, 0.25) is 5.02 Å². The molecule has 0 fully saturated rings. The van der Waals surface area contributed by atoms with E-state index in [0.717, 1.165) is 10.7 Å². The van der Waals surface area contributed by atoms with Crippen LogP contribution in [0.5, 0.6) is 0 Å². The van der Waals surface area contributed by atoms with E-state index in [1.807, 2.05) is 12.3 Å². The normalized spacial score (nSPS) is 10.7. The molecule has 0 saturated carbocycles. The van der Waals surface area contributed by atoms with Crippen LogP contribution < -0.4 is 0 Å². The SMILES string of the molecule is CC(C)c1[nH]ccc1Cl. The first kappa shape index (κ1) is 6.69. The van der Waals surface area contributed by atoms with Crippen LogP contribution in [0.3, 0.4) is 0 Å². The molecule has 0 aliphatic carbocycles. The largest absolute Gasteiger partial charge is 0.364 e. The molecule has 0 amide bonds. The van der Waals surface area contributed by atoms with Crippen molar-refractivity contribution in [2.24, 2.45) is 0 Å². The maximum atomic E-state index is 5.80. The molecule has 1 heterocycles. The predicted octanol–water partition coefficient (Wildman–Crippen LogP) is 2.79. The second-order valence-electron chi connectivity index (χ2n) is 2.39. The van der Waals surface area contributed by atoms with Gasteiger partial charge in [-0.1, -0.05) is 25.4 Å². The Morgan fingerprint density at radius 3 is 2.44 bits per heavy atom. The molecule has 1 aromatic heterocycles. The van der Waals surface area contributed by atoms with Gasteiger partial charge in [0.1, 0.15) is 0 Å². The standard InChI is InChI=1S/C7H10ClN/c1-5(2)7-6(8)3-4-9-7/h3-5,9H,1-2H3. The Hall–Kier alpha value is -0.430. The number of hydrogen-bond donors (Lipinski definition) is 1. The average molecular weight is 144 g/mol. The van der Waals surface area contributed by atoms with Gasteiger partial charge in [0.2, 0.25) is 0 Å². The number of halogens is 1. The first-order chi connectivity index (χ1) is 4.22. The van der Waals surface area contributed by atoms with Gasteiger partial charge in [-0.25, -0.2) is 0 Å². The van der Waals surface area contributed by atoms with Gasteiger partial charge in [0, 0.05) is 11.9 Å². The van der Waals surface area contributed by atoms with Gasteiger partial charge in [0.05, 0.1) is 5.02 Å². The van der Waals surface area contributed by atoms with Crippen LogP contribution in [0, 0.1) is 0 Å². The zero-order valence-electron chi connectivity index (χ0n) is 5.61. The number of hydrogen-bond acceptors (Lipinski definition) is 0. The van der Waals surface area contributed by atoms with Gasteiger partial charge in [-0.3, -0.25) is 0 Å². The molecule has 0 bridgehead atoms. The van der Waals surface area contributed by atoms with E-state index in [4.69, 9.17) is 11.6 Å². The lowest BCUT2D eigenvalue weighted by Crippen LogP contribution is -1.86. The summed E-state index contributed by atoms with van der Waals surface area (Å²) in [5, 5.41) is 0.838. The molecular formula is C7H10ClN. The molecule has 1 aromatic rings. The Bertz CT molecular complexity index is 191. The Labute approximate surface area is 60.0 Å². The number of aromatic nitrogens is 1. The molecule has 0 aromatic carbocycles. The Morgan fingerprint density at radius 1 is 1.56 bits per heavy atom. The van der Waals surface area contributed by atoms with E-state index in [1.165, 1.54) is 0 Å². The van der Waals surface area contributed by atoms with Crippen molar-refractivity contribution in [1.29, 1.82) is 0 Å². The van der Waals surface area contributed by atoms with Crippen LogP contribution >= 0.6 is 11.6 Å². The zero-order chi connectivity index (χ0) is 6.85. The molecule has 0 spiro atoms. The van der Waals surface area contributed by atoms with Gasteiger partial charge in [0.25, 0.3) is 0 Å². The van der Waals surface area contributed by atoms with Gasteiger partial charge in [-0.15, -0.1) is 0 Å². The van der Waals surface area contributed by atoms with Gasteiger partial charge < -0.3 is 4.98 Å². The van der Waals surface area contributed by atoms with Gasteiger partial charge >= 0.3 is 0 Å². The second-order valence-corrected chi connectivity index (χ2v) is 2.80. The van der Waals surface area contributed by atoms with Crippen molar-refractivity contribution in [1.82, 2.24) is 4.98 Å². The minimum atomic E-state index is 0.493. The topological polar surface area (TPSA) is 15.8 Å². The summed E-state index contributed by atoms with van der Waals surface area (Å²) in [7, 11) is 0. The summed E-state index contributed by atoms with van der Waals surface area (Å²) >= 11 is 5.80. The van der Waals surface area contributed by atoms with Crippen molar-refractivity contribution in [3.8, 4) is 0 Å². The van der Waals surface area contributed by atoms with Crippen molar-refractivity contribution >= 4 is 11.6 Å². The highest BCUT2D eigenvalue weighted by Crippen LogP contribution is 2.21. The van der Waals surface area contributed by atoms with Crippen LogP contribution in [0.15, 0.2) is 12.3 Å². The van der Waals surface area contributed by atoms with Crippen LogP contribution in [0.25, 0.3) is 0 Å². The Morgan fingerprint density at radius 2 is 2.22 bits per heavy atom. The highest BCUT2D eigenvalue weighted by Gasteiger charge is 2.03. The van der Waals surface area contributed by atoms with Gasteiger partial charge in [-0.05, 0) is 12.0 Å². The minimum absolute atomic E-state index is 0.493. The fourth-order valence-electron chi connectivity index (χ4n) is 0.806. The van der Waals surface area contributed by atoms with Crippen molar-refractivity contribution in [2.75, 3.05) is 0 Å². The molecule has 0 aliphatic heterocycles. The van der Waals surface area contributed by atoms with Crippen molar-refractivity contribution in [2.45, 2.75) is 19.8 Å². The monoisotopic (exact) mass is 143 g/mol. The van der Waals surface area contributed by atoms with Gasteiger partial charge in [0.15, 0.2) is 0 Å². The van der Waals surface area contributed by atoms with Crippen LogP contribution in [-0.4, -0.2) is 4.98 Å². The lowest BCUT2D eigenvalue weighted by Gasteiger charge is -2.00. The summed E-state index contributed by atoms with van der Waals surface area (Å²) in [6, 6.07) is 1.87. The van der Waals surface area contributed by atoms with Crippen molar-refractivity contribution in [3.05, 3.63) is 23.0 Å². The third-order valence-corrected chi connectivity index (χ3v) is 1.63. The average Bonchev–Trinajstić information content (AvgIpc) is 2.13. The van der Waals surface area contributed by atoms with Crippen LogP contribution in [0.1, 0.15) is 25.5 Å². The molecule has 1 N–H and O–H groups in total. The number of nitrogens with one attached hydrogen (secondary N) is 1. The van der Waals surface area contributed by atoms with Crippen LogP contribution in [-0.2, 0) is 0 Å². The lowest BCUT2D eigenvalue weighted by atomic mass is 10.1. The molecule has 0 aliphatic rings. The molecule has 0 atom stereocenters. The molecule has 0 unspecified atom stereocenters. The molecule has 1 rings (SSSR count). The summed E-state index contributed by atoms with van der Waals surface area (Å²) in [4.78, 5) is 3.07. The van der Waals surface area contributed by atoms with E-state index in [9.17, 15) is 0 Å². The van der Waals surface area contributed by atoms with E-state index in [-0.39, 0.29) is 0 Å².